The van der Waals surface area contributed by atoms with Crippen molar-refractivity contribution >= 4 is 5.91 Å². The van der Waals surface area contributed by atoms with Gasteiger partial charge in [0.05, 0.1) is 7.11 Å². The van der Waals surface area contributed by atoms with Gasteiger partial charge in [0.15, 0.2) is 11.4 Å². The number of rotatable bonds is 4. The van der Waals surface area contributed by atoms with E-state index in [2.05, 4.69) is 10.4 Å². The monoisotopic (exact) mass is 303 g/mol. The molecule has 2 rings (SSSR count). The average Bonchev–Trinajstić information content (AvgIpc) is 2.46. The molecule has 2 N–H and O–H groups in total. The van der Waals surface area contributed by atoms with Crippen LogP contribution in [0.2, 0.25) is 0 Å². The Labute approximate surface area is 127 Å². The zero-order valence-corrected chi connectivity index (χ0v) is 12.5. The van der Waals surface area contributed by atoms with Gasteiger partial charge in [0.25, 0.3) is 11.5 Å². The number of para-hydroxylation sites is 2. The second-order valence-electron chi connectivity index (χ2n) is 4.93. The second-order valence-corrected chi connectivity index (χ2v) is 4.93. The first-order chi connectivity index (χ1) is 10.4. The van der Waals surface area contributed by atoms with Gasteiger partial charge in [0, 0.05) is 12.1 Å². The minimum Gasteiger partial charge on any atom is -0.505 e. The van der Waals surface area contributed by atoms with E-state index >= 15 is 0 Å². The first-order valence-electron chi connectivity index (χ1n) is 6.71. The van der Waals surface area contributed by atoms with Crippen molar-refractivity contribution < 1.29 is 14.6 Å². The molecule has 7 nitrogen and oxygen atoms in total. The Balaban J connectivity index is 2.58. The Morgan fingerprint density at radius 3 is 2.68 bits per heavy atom. The highest BCUT2D eigenvalue weighted by Crippen LogP contribution is 2.21. The van der Waals surface area contributed by atoms with Gasteiger partial charge in [0.1, 0.15) is 11.4 Å². The van der Waals surface area contributed by atoms with E-state index in [1.165, 1.54) is 7.11 Å². The van der Waals surface area contributed by atoms with Crippen LogP contribution in [0.5, 0.6) is 11.5 Å². The van der Waals surface area contributed by atoms with Crippen molar-refractivity contribution in [3.8, 4) is 17.2 Å². The minimum absolute atomic E-state index is 0.125. The number of carbonyl (C=O) groups excluding carboxylic acids is 1. The lowest BCUT2D eigenvalue weighted by molar-refractivity contribution is 0.0933. The second kappa shape index (κ2) is 6.30. The van der Waals surface area contributed by atoms with E-state index < -0.39 is 17.2 Å². The number of aromatic hydroxyl groups is 1. The Kier molecular flexibility index (Phi) is 4.45. The van der Waals surface area contributed by atoms with Crippen LogP contribution in [-0.2, 0) is 0 Å². The summed E-state index contributed by atoms with van der Waals surface area (Å²) < 4.78 is 6.21. The highest BCUT2D eigenvalue weighted by molar-refractivity contribution is 5.94. The van der Waals surface area contributed by atoms with Crippen LogP contribution in [0.1, 0.15) is 24.3 Å². The van der Waals surface area contributed by atoms with E-state index in [1.54, 1.807) is 38.1 Å². The molecular formula is C15H17N3O4. The first kappa shape index (κ1) is 15.6. The lowest BCUT2D eigenvalue weighted by Crippen LogP contribution is -2.33. The fourth-order valence-electron chi connectivity index (χ4n) is 1.92. The highest BCUT2D eigenvalue weighted by Gasteiger charge is 2.18. The molecular weight excluding hydrogens is 286 g/mol. The number of hydrogen-bond donors (Lipinski definition) is 2. The van der Waals surface area contributed by atoms with Crippen LogP contribution in [0.4, 0.5) is 0 Å². The standard InChI is InChI=1S/C15H17N3O4/c1-9(2)16-15(21)14-11(19)8-13(20)18(17-14)10-6-4-5-7-12(10)22-3/h4-9,19H,1-3H3,(H,16,21). The van der Waals surface area contributed by atoms with Gasteiger partial charge in [-0.1, -0.05) is 12.1 Å². The molecule has 0 radical (unpaired) electrons. The maximum atomic E-state index is 12.1. The molecule has 1 amide bonds. The molecule has 1 aromatic carbocycles. The summed E-state index contributed by atoms with van der Waals surface area (Å²) in [6.07, 6.45) is 0. The fraction of sp³-hybridized carbons (Fsp3) is 0.267. The molecule has 0 unspecified atom stereocenters. The van der Waals surface area contributed by atoms with Crippen molar-refractivity contribution in [1.29, 1.82) is 0 Å². The summed E-state index contributed by atoms with van der Waals surface area (Å²) in [5, 5.41) is 16.4. The van der Waals surface area contributed by atoms with Crippen molar-refractivity contribution in [2.75, 3.05) is 7.11 Å². The fourth-order valence-corrected chi connectivity index (χ4v) is 1.92. The summed E-state index contributed by atoms with van der Waals surface area (Å²) in [6, 6.07) is 7.60. The van der Waals surface area contributed by atoms with Crippen molar-refractivity contribution in [3.05, 3.63) is 46.4 Å². The molecule has 0 atom stereocenters. The van der Waals surface area contributed by atoms with E-state index in [-0.39, 0.29) is 11.7 Å². The molecule has 22 heavy (non-hydrogen) atoms. The normalized spacial score (nSPS) is 10.5. The Morgan fingerprint density at radius 1 is 1.36 bits per heavy atom. The number of carbonyl (C=O) groups is 1. The molecule has 0 saturated heterocycles. The van der Waals surface area contributed by atoms with Gasteiger partial charge in [-0.2, -0.15) is 9.78 Å². The SMILES string of the molecule is COc1ccccc1-n1nc(C(=O)NC(C)C)c(O)cc1=O. The summed E-state index contributed by atoms with van der Waals surface area (Å²) in [7, 11) is 1.47. The number of benzene rings is 1. The third-order valence-corrected chi connectivity index (χ3v) is 2.86. The molecule has 1 heterocycles. The van der Waals surface area contributed by atoms with Gasteiger partial charge in [-0.15, -0.1) is 0 Å². The van der Waals surface area contributed by atoms with E-state index in [4.69, 9.17) is 4.74 Å². The number of amides is 1. The zero-order valence-electron chi connectivity index (χ0n) is 12.5. The predicted molar refractivity (Wildman–Crippen MR) is 80.7 cm³/mol. The summed E-state index contributed by atoms with van der Waals surface area (Å²) in [6.45, 7) is 3.57. The number of nitrogens with zero attached hydrogens (tertiary/aromatic N) is 2. The maximum Gasteiger partial charge on any atom is 0.275 e. The van der Waals surface area contributed by atoms with Gasteiger partial charge in [-0.05, 0) is 26.0 Å². The third kappa shape index (κ3) is 3.08. The summed E-state index contributed by atoms with van der Waals surface area (Å²) in [5.41, 5.74) is -0.407. The zero-order chi connectivity index (χ0) is 16.3. The van der Waals surface area contributed by atoms with Crippen LogP contribution in [0.3, 0.4) is 0 Å². The molecule has 0 aliphatic rings. The maximum absolute atomic E-state index is 12.1. The molecule has 2 aromatic rings. The molecule has 0 fully saturated rings. The molecule has 1 aromatic heterocycles. The Bertz CT molecular complexity index is 753. The third-order valence-electron chi connectivity index (χ3n) is 2.86. The Morgan fingerprint density at radius 2 is 2.05 bits per heavy atom. The average molecular weight is 303 g/mol. The van der Waals surface area contributed by atoms with E-state index in [0.29, 0.717) is 11.4 Å². The molecule has 0 aliphatic heterocycles. The van der Waals surface area contributed by atoms with Crippen LogP contribution in [0.25, 0.3) is 5.69 Å². The molecule has 0 bridgehead atoms. The summed E-state index contributed by atoms with van der Waals surface area (Å²) >= 11 is 0. The minimum atomic E-state index is -0.567. The first-order valence-corrected chi connectivity index (χ1v) is 6.71. The number of hydrogen-bond acceptors (Lipinski definition) is 5. The number of aromatic nitrogens is 2. The van der Waals surface area contributed by atoms with Crippen LogP contribution in [0.15, 0.2) is 35.1 Å². The van der Waals surface area contributed by atoms with Crippen LogP contribution < -0.4 is 15.6 Å². The molecule has 0 spiro atoms. The van der Waals surface area contributed by atoms with Gasteiger partial charge >= 0.3 is 0 Å². The summed E-state index contributed by atoms with van der Waals surface area (Å²) in [4.78, 5) is 24.1. The topological polar surface area (TPSA) is 93.5 Å². The van der Waals surface area contributed by atoms with Gasteiger partial charge in [-0.3, -0.25) is 9.59 Å². The van der Waals surface area contributed by atoms with Crippen molar-refractivity contribution in [3.63, 3.8) is 0 Å². The lowest BCUT2D eigenvalue weighted by atomic mass is 10.2. The van der Waals surface area contributed by atoms with Gasteiger partial charge in [0.2, 0.25) is 0 Å². The smallest absolute Gasteiger partial charge is 0.275 e. The molecule has 116 valence electrons. The van der Waals surface area contributed by atoms with Crippen molar-refractivity contribution in [2.45, 2.75) is 19.9 Å². The number of nitrogens with one attached hydrogen (secondary N) is 1. The van der Waals surface area contributed by atoms with Gasteiger partial charge < -0.3 is 15.2 Å². The largest absolute Gasteiger partial charge is 0.505 e. The van der Waals surface area contributed by atoms with Crippen molar-refractivity contribution in [1.82, 2.24) is 15.1 Å². The van der Waals surface area contributed by atoms with E-state index in [0.717, 1.165) is 10.7 Å². The van der Waals surface area contributed by atoms with E-state index in [9.17, 15) is 14.7 Å². The van der Waals surface area contributed by atoms with Gasteiger partial charge in [-0.25, -0.2) is 0 Å². The van der Waals surface area contributed by atoms with Crippen LogP contribution >= 0.6 is 0 Å². The summed E-state index contributed by atoms with van der Waals surface area (Å²) in [5.74, 6) is -0.594. The van der Waals surface area contributed by atoms with Crippen LogP contribution in [0, 0.1) is 0 Å². The Hall–Kier alpha value is -2.83. The molecule has 0 saturated carbocycles. The van der Waals surface area contributed by atoms with Crippen LogP contribution in [-0.4, -0.2) is 33.9 Å². The quantitative estimate of drug-likeness (QED) is 0.881. The highest BCUT2D eigenvalue weighted by atomic mass is 16.5. The van der Waals surface area contributed by atoms with E-state index in [1.807, 2.05) is 0 Å². The molecule has 0 aliphatic carbocycles. The number of methoxy groups -OCH3 is 1. The number of ether oxygens (including phenoxy) is 1. The predicted octanol–water partition coefficient (Wildman–Crippen LogP) is 1.08. The lowest BCUT2D eigenvalue weighted by Gasteiger charge is -2.12. The molecule has 7 heteroatoms. The van der Waals surface area contributed by atoms with Crippen molar-refractivity contribution in [2.24, 2.45) is 0 Å².